The van der Waals surface area contributed by atoms with E-state index >= 15 is 0 Å². The molecule has 2 fully saturated rings. The average molecular weight is 493 g/mol. The molecule has 0 radical (unpaired) electrons. The Morgan fingerprint density at radius 2 is 2.12 bits per heavy atom. The normalized spacial score (nSPS) is 22.1. The minimum atomic E-state index is 0. The van der Waals surface area contributed by atoms with Crippen LogP contribution in [-0.2, 0) is 4.74 Å². The van der Waals surface area contributed by atoms with Gasteiger partial charge in [0.05, 0.1) is 12.1 Å². The minimum Gasteiger partial charge on any atom is -0.376 e. The number of halogens is 2. The second kappa shape index (κ2) is 11.3. The number of rotatable bonds is 6. The summed E-state index contributed by atoms with van der Waals surface area (Å²) in [5.74, 6) is 0.835. The van der Waals surface area contributed by atoms with E-state index in [-0.39, 0.29) is 24.0 Å². The van der Waals surface area contributed by atoms with Crippen LogP contribution in [0.1, 0.15) is 37.3 Å². The second-order valence-corrected chi connectivity index (χ2v) is 7.22. The summed E-state index contributed by atoms with van der Waals surface area (Å²) in [6, 6.07) is 8.52. The Balaban J connectivity index is 0.00000243. The molecule has 2 atom stereocenters. The number of likely N-dealkylation sites (tertiary alicyclic amines) is 1. The van der Waals surface area contributed by atoms with Crippen molar-refractivity contribution >= 4 is 41.5 Å². The molecule has 2 aliphatic heterocycles. The van der Waals surface area contributed by atoms with Crippen LogP contribution in [-0.4, -0.2) is 56.8 Å². The van der Waals surface area contributed by atoms with Crippen LogP contribution in [0.2, 0.25) is 5.02 Å². The summed E-state index contributed by atoms with van der Waals surface area (Å²) >= 11 is 6.22. The highest BCUT2D eigenvalue weighted by Crippen LogP contribution is 2.26. The first-order valence-electron chi connectivity index (χ1n) is 9.32. The molecule has 3 rings (SSSR count). The van der Waals surface area contributed by atoms with E-state index in [0.29, 0.717) is 12.1 Å². The van der Waals surface area contributed by atoms with Gasteiger partial charge in [0.1, 0.15) is 0 Å². The number of hydrogen-bond acceptors (Lipinski definition) is 3. The maximum atomic E-state index is 6.22. The van der Waals surface area contributed by atoms with E-state index in [1.54, 1.807) is 0 Å². The fourth-order valence-corrected chi connectivity index (χ4v) is 3.85. The van der Waals surface area contributed by atoms with E-state index < -0.39 is 0 Å². The molecule has 2 saturated heterocycles. The lowest BCUT2D eigenvalue weighted by molar-refractivity contribution is 0.113. The van der Waals surface area contributed by atoms with Crippen molar-refractivity contribution < 1.29 is 4.74 Å². The van der Waals surface area contributed by atoms with Crippen molar-refractivity contribution in [3.05, 3.63) is 34.9 Å². The molecule has 2 aliphatic rings. The van der Waals surface area contributed by atoms with Gasteiger partial charge in [0.2, 0.25) is 0 Å². The molecule has 7 heteroatoms. The molecular weight excluding hydrogens is 463 g/mol. The standard InChI is InChI=1S/C19H29ClN4O.HI/c1-21-19(22-13-17-8-5-11-25-17)23-14-18(24-9-2-3-10-24)15-6-4-7-16(20)12-15;/h4,6-7,12,17-18H,2-3,5,8-11,13-14H2,1H3,(H2,21,22,23);1H. The quantitative estimate of drug-likeness (QED) is 0.363. The predicted molar refractivity (Wildman–Crippen MR) is 119 cm³/mol. The fraction of sp³-hybridized carbons (Fsp3) is 0.632. The zero-order chi connectivity index (χ0) is 17.5. The third kappa shape index (κ3) is 6.25. The molecule has 5 nitrogen and oxygen atoms in total. The zero-order valence-corrected chi connectivity index (χ0v) is 18.5. The first kappa shape index (κ1) is 21.7. The Hall–Kier alpha value is -0.570. The highest BCUT2D eigenvalue weighted by molar-refractivity contribution is 14.0. The summed E-state index contributed by atoms with van der Waals surface area (Å²) < 4.78 is 5.67. The molecule has 1 aromatic rings. The maximum absolute atomic E-state index is 6.22. The van der Waals surface area contributed by atoms with Gasteiger partial charge in [-0.3, -0.25) is 9.89 Å². The van der Waals surface area contributed by atoms with Gasteiger partial charge in [0.15, 0.2) is 5.96 Å². The molecule has 2 unspecified atom stereocenters. The van der Waals surface area contributed by atoms with Gasteiger partial charge in [-0.05, 0) is 56.5 Å². The van der Waals surface area contributed by atoms with Crippen LogP contribution in [0.25, 0.3) is 0 Å². The van der Waals surface area contributed by atoms with E-state index in [1.807, 2.05) is 19.2 Å². The molecule has 0 amide bonds. The van der Waals surface area contributed by atoms with E-state index in [9.17, 15) is 0 Å². The van der Waals surface area contributed by atoms with Gasteiger partial charge in [0.25, 0.3) is 0 Å². The van der Waals surface area contributed by atoms with E-state index in [4.69, 9.17) is 16.3 Å². The summed E-state index contributed by atoms with van der Waals surface area (Å²) in [6.07, 6.45) is 5.13. The first-order chi connectivity index (χ1) is 12.3. The Labute approximate surface area is 178 Å². The van der Waals surface area contributed by atoms with Crippen molar-refractivity contribution in [2.45, 2.75) is 37.8 Å². The largest absolute Gasteiger partial charge is 0.376 e. The van der Waals surface area contributed by atoms with Crippen LogP contribution in [0.5, 0.6) is 0 Å². The fourth-order valence-electron chi connectivity index (χ4n) is 3.65. The number of nitrogens with zero attached hydrogens (tertiary/aromatic N) is 2. The summed E-state index contributed by atoms with van der Waals surface area (Å²) in [5, 5.41) is 7.67. The smallest absolute Gasteiger partial charge is 0.191 e. The monoisotopic (exact) mass is 492 g/mol. The SMILES string of the molecule is CN=C(NCC1CCCO1)NCC(c1cccc(Cl)c1)N1CCCC1.I. The van der Waals surface area contributed by atoms with Crippen molar-refractivity contribution in [1.82, 2.24) is 15.5 Å². The van der Waals surface area contributed by atoms with Crippen molar-refractivity contribution in [3.63, 3.8) is 0 Å². The zero-order valence-electron chi connectivity index (χ0n) is 15.4. The molecule has 1 aromatic carbocycles. The molecular formula is C19H30ClIN4O. The van der Waals surface area contributed by atoms with Gasteiger partial charge in [0, 0.05) is 31.8 Å². The minimum absolute atomic E-state index is 0. The summed E-state index contributed by atoms with van der Waals surface area (Å²) in [6.45, 7) is 4.78. The summed E-state index contributed by atoms with van der Waals surface area (Å²) in [5.41, 5.74) is 1.26. The van der Waals surface area contributed by atoms with Gasteiger partial charge >= 0.3 is 0 Å². The third-order valence-corrected chi connectivity index (χ3v) is 5.26. The number of hydrogen-bond donors (Lipinski definition) is 2. The van der Waals surface area contributed by atoms with Gasteiger partial charge in [-0.15, -0.1) is 24.0 Å². The van der Waals surface area contributed by atoms with Crippen molar-refractivity contribution in [2.24, 2.45) is 4.99 Å². The number of guanidine groups is 1. The molecule has 0 spiro atoms. The van der Waals surface area contributed by atoms with E-state index in [0.717, 1.165) is 56.6 Å². The summed E-state index contributed by atoms with van der Waals surface area (Å²) in [4.78, 5) is 6.89. The topological polar surface area (TPSA) is 48.9 Å². The molecule has 0 aliphatic carbocycles. The Kier molecular flexibility index (Phi) is 9.45. The molecule has 2 heterocycles. The molecule has 0 aromatic heterocycles. The molecule has 26 heavy (non-hydrogen) atoms. The maximum Gasteiger partial charge on any atom is 0.191 e. The highest BCUT2D eigenvalue weighted by atomic mass is 127. The molecule has 0 bridgehead atoms. The molecule has 146 valence electrons. The van der Waals surface area contributed by atoms with E-state index in [1.165, 1.54) is 18.4 Å². The number of aliphatic imine (C=N–C) groups is 1. The lowest BCUT2D eigenvalue weighted by Crippen LogP contribution is -2.44. The molecule has 2 N–H and O–H groups in total. The summed E-state index contributed by atoms with van der Waals surface area (Å²) in [7, 11) is 1.81. The van der Waals surface area contributed by atoms with Gasteiger partial charge < -0.3 is 15.4 Å². The van der Waals surface area contributed by atoms with Crippen LogP contribution in [0.15, 0.2) is 29.3 Å². The molecule has 0 saturated carbocycles. The lowest BCUT2D eigenvalue weighted by Gasteiger charge is -2.29. The Morgan fingerprint density at radius 3 is 2.77 bits per heavy atom. The average Bonchev–Trinajstić information content (AvgIpc) is 3.32. The van der Waals surface area contributed by atoms with Gasteiger partial charge in [-0.1, -0.05) is 23.7 Å². The van der Waals surface area contributed by atoms with Gasteiger partial charge in [-0.2, -0.15) is 0 Å². The van der Waals surface area contributed by atoms with E-state index in [2.05, 4.69) is 32.7 Å². The Morgan fingerprint density at radius 1 is 1.31 bits per heavy atom. The Bertz CT molecular complexity index is 574. The van der Waals surface area contributed by atoms with Crippen LogP contribution in [0, 0.1) is 0 Å². The lowest BCUT2D eigenvalue weighted by atomic mass is 10.1. The van der Waals surface area contributed by atoms with Crippen LogP contribution < -0.4 is 10.6 Å². The van der Waals surface area contributed by atoms with Crippen molar-refractivity contribution in [3.8, 4) is 0 Å². The van der Waals surface area contributed by atoms with Crippen LogP contribution in [0.3, 0.4) is 0 Å². The second-order valence-electron chi connectivity index (χ2n) is 6.78. The predicted octanol–water partition coefficient (Wildman–Crippen LogP) is 3.44. The highest BCUT2D eigenvalue weighted by Gasteiger charge is 2.24. The van der Waals surface area contributed by atoms with Crippen molar-refractivity contribution in [1.29, 1.82) is 0 Å². The number of benzene rings is 1. The number of ether oxygens (including phenoxy) is 1. The third-order valence-electron chi connectivity index (χ3n) is 5.02. The van der Waals surface area contributed by atoms with Crippen LogP contribution >= 0.6 is 35.6 Å². The van der Waals surface area contributed by atoms with Crippen molar-refractivity contribution in [2.75, 3.05) is 39.8 Å². The first-order valence-corrected chi connectivity index (χ1v) is 9.69. The number of nitrogens with one attached hydrogen (secondary N) is 2. The van der Waals surface area contributed by atoms with Gasteiger partial charge in [-0.25, -0.2) is 0 Å². The van der Waals surface area contributed by atoms with Crippen LogP contribution in [0.4, 0.5) is 0 Å².